The minimum Gasteiger partial charge on any atom is -0.351 e. The number of rotatable bonds is 5. The molecule has 4 nitrogen and oxygen atoms in total. The standard InChI is InChI=1S/C13H18N2O2S/c1-2-18(17)6-5-15-13(16)10-3-4-11-8-14-9-12(11)7-10/h3-4,7,14H,2,5-6,8-9H2,1H3,(H,15,16). The van der Waals surface area contributed by atoms with Gasteiger partial charge in [-0.1, -0.05) is 13.0 Å². The molecule has 98 valence electrons. The van der Waals surface area contributed by atoms with E-state index < -0.39 is 10.8 Å². The van der Waals surface area contributed by atoms with Crippen LogP contribution in [0.15, 0.2) is 18.2 Å². The number of amides is 1. The Labute approximate surface area is 110 Å². The Balaban J connectivity index is 1.91. The summed E-state index contributed by atoms with van der Waals surface area (Å²) in [7, 11) is -0.824. The number of carbonyl (C=O) groups is 1. The molecule has 1 aromatic carbocycles. The maximum absolute atomic E-state index is 11.9. The van der Waals surface area contributed by atoms with Crippen molar-refractivity contribution >= 4 is 16.7 Å². The van der Waals surface area contributed by atoms with Gasteiger partial charge in [-0.3, -0.25) is 9.00 Å². The molecule has 18 heavy (non-hydrogen) atoms. The fraction of sp³-hybridized carbons (Fsp3) is 0.462. The van der Waals surface area contributed by atoms with E-state index in [1.807, 2.05) is 25.1 Å². The van der Waals surface area contributed by atoms with E-state index in [1.165, 1.54) is 11.1 Å². The predicted molar refractivity (Wildman–Crippen MR) is 72.9 cm³/mol. The zero-order valence-corrected chi connectivity index (χ0v) is 11.3. The van der Waals surface area contributed by atoms with Crippen molar-refractivity contribution < 1.29 is 9.00 Å². The van der Waals surface area contributed by atoms with Gasteiger partial charge in [0.1, 0.15) is 0 Å². The Morgan fingerprint density at radius 2 is 2.17 bits per heavy atom. The minimum atomic E-state index is -0.824. The summed E-state index contributed by atoms with van der Waals surface area (Å²) in [4.78, 5) is 11.9. The Morgan fingerprint density at radius 1 is 1.39 bits per heavy atom. The van der Waals surface area contributed by atoms with Crippen LogP contribution in [0.2, 0.25) is 0 Å². The topological polar surface area (TPSA) is 58.2 Å². The Morgan fingerprint density at radius 3 is 2.94 bits per heavy atom. The molecule has 1 aliphatic heterocycles. The van der Waals surface area contributed by atoms with Crippen molar-refractivity contribution in [2.75, 3.05) is 18.1 Å². The van der Waals surface area contributed by atoms with Gasteiger partial charge in [0.05, 0.1) is 0 Å². The Hall–Kier alpha value is -1.20. The highest BCUT2D eigenvalue weighted by atomic mass is 32.2. The van der Waals surface area contributed by atoms with Crippen LogP contribution in [0.4, 0.5) is 0 Å². The maximum Gasteiger partial charge on any atom is 0.251 e. The molecule has 5 heteroatoms. The van der Waals surface area contributed by atoms with E-state index in [4.69, 9.17) is 0 Å². The average molecular weight is 266 g/mol. The van der Waals surface area contributed by atoms with Crippen LogP contribution in [-0.4, -0.2) is 28.2 Å². The van der Waals surface area contributed by atoms with Gasteiger partial charge in [-0.2, -0.15) is 0 Å². The van der Waals surface area contributed by atoms with Crippen molar-refractivity contribution in [1.29, 1.82) is 0 Å². The molecule has 1 heterocycles. The highest BCUT2D eigenvalue weighted by Crippen LogP contribution is 2.16. The molecule has 0 radical (unpaired) electrons. The molecular weight excluding hydrogens is 248 g/mol. The van der Waals surface area contributed by atoms with Crippen molar-refractivity contribution in [2.45, 2.75) is 20.0 Å². The molecule has 2 rings (SSSR count). The molecule has 0 bridgehead atoms. The van der Waals surface area contributed by atoms with E-state index in [9.17, 15) is 9.00 Å². The molecule has 1 atom stereocenters. The zero-order valence-electron chi connectivity index (χ0n) is 10.5. The number of hydrogen-bond acceptors (Lipinski definition) is 3. The van der Waals surface area contributed by atoms with Gasteiger partial charge >= 0.3 is 0 Å². The van der Waals surface area contributed by atoms with E-state index in [2.05, 4.69) is 10.6 Å². The fourth-order valence-electron chi connectivity index (χ4n) is 1.96. The summed E-state index contributed by atoms with van der Waals surface area (Å²) >= 11 is 0. The van der Waals surface area contributed by atoms with E-state index in [0.29, 0.717) is 23.6 Å². The predicted octanol–water partition coefficient (Wildman–Crippen LogP) is 0.788. The number of nitrogens with one attached hydrogen (secondary N) is 2. The smallest absolute Gasteiger partial charge is 0.251 e. The van der Waals surface area contributed by atoms with Gasteiger partial charge in [-0.25, -0.2) is 0 Å². The average Bonchev–Trinajstić information content (AvgIpc) is 2.85. The van der Waals surface area contributed by atoms with Gasteiger partial charge in [-0.05, 0) is 23.3 Å². The highest BCUT2D eigenvalue weighted by Gasteiger charge is 2.13. The summed E-state index contributed by atoms with van der Waals surface area (Å²) in [6.45, 7) is 4.06. The lowest BCUT2D eigenvalue weighted by Crippen LogP contribution is -2.28. The molecule has 0 fully saturated rings. The molecule has 2 N–H and O–H groups in total. The van der Waals surface area contributed by atoms with Crippen molar-refractivity contribution in [1.82, 2.24) is 10.6 Å². The molecule has 1 aliphatic rings. The summed E-state index contributed by atoms with van der Waals surface area (Å²) in [6.07, 6.45) is 0. The third-order valence-electron chi connectivity index (χ3n) is 3.04. The summed E-state index contributed by atoms with van der Waals surface area (Å²) in [5.41, 5.74) is 3.14. The molecule has 0 aromatic heterocycles. The third kappa shape index (κ3) is 3.17. The molecule has 0 saturated carbocycles. The summed E-state index contributed by atoms with van der Waals surface area (Å²) < 4.78 is 11.2. The first-order valence-corrected chi connectivity index (χ1v) is 7.65. The third-order valence-corrected chi connectivity index (χ3v) is 4.34. The molecular formula is C13H18N2O2S. The zero-order chi connectivity index (χ0) is 13.0. The van der Waals surface area contributed by atoms with Gasteiger partial charge < -0.3 is 10.6 Å². The number of carbonyl (C=O) groups excluding carboxylic acids is 1. The van der Waals surface area contributed by atoms with E-state index >= 15 is 0 Å². The van der Waals surface area contributed by atoms with Crippen molar-refractivity contribution in [3.63, 3.8) is 0 Å². The summed E-state index contributed by atoms with van der Waals surface area (Å²) in [5.74, 6) is 1.08. The van der Waals surface area contributed by atoms with Crippen molar-refractivity contribution in [2.24, 2.45) is 0 Å². The van der Waals surface area contributed by atoms with Crippen LogP contribution in [0.5, 0.6) is 0 Å². The van der Waals surface area contributed by atoms with Gasteiger partial charge in [0, 0.05) is 47.5 Å². The monoisotopic (exact) mass is 266 g/mol. The van der Waals surface area contributed by atoms with E-state index in [0.717, 1.165) is 13.1 Å². The molecule has 0 saturated heterocycles. The first-order chi connectivity index (χ1) is 8.70. The van der Waals surface area contributed by atoms with Crippen LogP contribution in [0.25, 0.3) is 0 Å². The molecule has 0 aliphatic carbocycles. The first-order valence-electron chi connectivity index (χ1n) is 6.16. The minimum absolute atomic E-state index is 0.0854. The number of benzene rings is 1. The second-order valence-electron chi connectivity index (χ2n) is 4.28. The van der Waals surface area contributed by atoms with E-state index in [-0.39, 0.29) is 5.91 Å². The van der Waals surface area contributed by atoms with Crippen molar-refractivity contribution in [3.05, 3.63) is 34.9 Å². The lowest BCUT2D eigenvalue weighted by atomic mass is 10.1. The lowest BCUT2D eigenvalue weighted by molar-refractivity contribution is 0.0956. The van der Waals surface area contributed by atoms with Crippen LogP contribution >= 0.6 is 0 Å². The van der Waals surface area contributed by atoms with Crippen LogP contribution in [-0.2, 0) is 23.9 Å². The summed E-state index contributed by atoms with van der Waals surface area (Å²) in [6, 6.07) is 5.77. The number of fused-ring (bicyclic) bond motifs is 1. The second kappa shape index (κ2) is 6.11. The Bertz CT molecular complexity index is 474. The van der Waals surface area contributed by atoms with Crippen molar-refractivity contribution in [3.8, 4) is 0 Å². The van der Waals surface area contributed by atoms with Gasteiger partial charge in [-0.15, -0.1) is 0 Å². The van der Waals surface area contributed by atoms with Crippen LogP contribution < -0.4 is 10.6 Å². The van der Waals surface area contributed by atoms with Gasteiger partial charge in [0.15, 0.2) is 0 Å². The first kappa shape index (κ1) is 13.2. The molecule has 1 unspecified atom stereocenters. The Kier molecular flexibility index (Phi) is 4.49. The second-order valence-corrected chi connectivity index (χ2v) is 6.14. The molecule has 1 aromatic rings. The largest absolute Gasteiger partial charge is 0.351 e. The van der Waals surface area contributed by atoms with E-state index in [1.54, 1.807) is 0 Å². The SMILES string of the molecule is CCS(=O)CCNC(=O)c1ccc2c(c1)CNC2. The quantitative estimate of drug-likeness (QED) is 0.828. The maximum atomic E-state index is 11.9. The summed E-state index contributed by atoms with van der Waals surface area (Å²) in [5, 5.41) is 6.05. The normalized spacial score (nSPS) is 15.2. The molecule has 0 spiro atoms. The van der Waals surface area contributed by atoms with Crippen LogP contribution in [0.3, 0.4) is 0 Å². The highest BCUT2D eigenvalue weighted by molar-refractivity contribution is 7.84. The number of hydrogen-bond donors (Lipinski definition) is 2. The van der Waals surface area contributed by atoms with Gasteiger partial charge in [0.2, 0.25) is 0 Å². The molecule has 1 amide bonds. The lowest BCUT2D eigenvalue weighted by Gasteiger charge is -2.06. The van der Waals surface area contributed by atoms with Crippen LogP contribution in [0, 0.1) is 0 Å². The van der Waals surface area contributed by atoms with Gasteiger partial charge in [0.25, 0.3) is 5.91 Å². The van der Waals surface area contributed by atoms with Crippen LogP contribution in [0.1, 0.15) is 28.4 Å². The fourth-order valence-corrected chi connectivity index (χ4v) is 2.58.